The van der Waals surface area contributed by atoms with Gasteiger partial charge in [0.1, 0.15) is 5.82 Å². The number of sulfonamides is 1. The molecule has 1 aliphatic carbocycles. The summed E-state index contributed by atoms with van der Waals surface area (Å²) in [4.78, 5) is 11.2. The Labute approximate surface area is 175 Å². The highest BCUT2D eigenvalue weighted by molar-refractivity contribution is 7.89. The predicted octanol–water partition coefficient (Wildman–Crippen LogP) is 3.28. The summed E-state index contributed by atoms with van der Waals surface area (Å²) in [6.45, 7) is 1.94. The van der Waals surface area contributed by atoms with Gasteiger partial charge < -0.3 is 4.90 Å². The van der Waals surface area contributed by atoms with Crippen molar-refractivity contribution in [1.82, 2.24) is 14.3 Å². The van der Waals surface area contributed by atoms with Crippen LogP contribution in [0.1, 0.15) is 17.5 Å². The molecule has 2 aliphatic rings. The minimum absolute atomic E-state index is 0.201. The summed E-state index contributed by atoms with van der Waals surface area (Å²) in [6.07, 6.45) is 3.12. The molecule has 2 aromatic carbocycles. The van der Waals surface area contributed by atoms with Gasteiger partial charge in [0.15, 0.2) is 0 Å². The predicted molar refractivity (Wildman–Crippen MR) is 114 cm³/mol. The second-order valence-electron chi connectivity index (χ2n) is 7.51. The average Bonchev–Trinajstić information content (AvgIpc) is 3.21. The summed E-state index contributed by atoms with van der Waals surface area (Å²) in [6, 6.07) is 13.3. The molecule has 1 aromatic heterocycles. The number of fused-ring (bicyclic) bond motifs is 2. The highest BCUT2D eigenvalue weighted by Gasteiger charge is 2.30. The molecule has 1 aliphatic heterocycles. The van der Waals surface area contributed by atoms with E-state index in [1.54, 1.807) is 10.4 Å². The third-order valence-electron chi connectivity index (χ3n) is 5.80. The zero-order valence-corrected chi connectivity index (χ0v) is 17.5. The van der Waals surface area contributed by atoms with Crippen LogP contribution in [0.3, 0.4) is 0 Å². The molecule has 0 spiro atoms. The van der Waals surface area contributed by atoms with Crippen molar-refractivity contribution in [3.05, 3.63) is 58.9 Å². The van der Waals surface area contributed by atoms with Crippen LogP contribution in [-0.2, 0) is 22.9 Å². The van der Waals surface area contributed by atoms with Crippen LogP contribution in [0, 0.1) is 0 Å². The minimum Gasteiger partial charge on any atom is -0.353 e. The molecule has 0 amide bonds. The van der Waals surface area contributed by atoms with Crippen LogP contribution in [0.25, 0.3) is 10.9 Å². The lowest BCUT2D eigenvalue weighted by Crippen LogP contribution is -2.49. The highest BCUT2D eigenvalue weighted by atomic mass is 35.5. The van der Waals surface area contributed by atoms with E-state index in [2.05, 4.69) is 14.9 Å². The van der Waals surface area contributed by atoms with Gasteiger partial charge in [-0.25, -0.2) is 13.4 Å². The molecular weight excluding hydrogens is 408 g/mol. The summed E-state index contributed by atoms with van der Waals surface area (Å²) in [5, 5.41) is 1.12. The highest BCUT2D eigenvalue weighted by Crippen LogP contribution is 2.29. The number of aromatic nitrogens is 2. The number of nitrogens with zero attached hydrogens (tertiary/aromatic N) is 4. The first-order valence-electron chi connectivity index (χ1n) is 9.81. The Morgan fingerprint density at radius 1 is 0.897 bits per heavy atom. The van der Waals surface area contributed by atoms with E-state index in [0.29, 0.717) is 31.1 Å². The van der Waals surface area contributed by atoms with Gasteiger partial charge in [-0.2, -0.15) is 9.29 Å². The Bertz CT molecular complexity index is 1190. The first-order chi connectivity index (χ1) is 14.0. The fourth-order valence-corrected chi connectivity index (χ4v) is 5.92. The van der Waals surface area contributed by atoms with Crippen molar-refractivity contribution >= 4 is 38.3 Å². The van der Waals surface area contributed by atoms with Gasteiger partial charge in [0.05, 0.1) is 10.4 Å². The van der Waals surface area contributed by atoms with E-state index in [9.17, 15) is 8.42 Å². The molecule has 150 valence electrons. The Hall–Kier alpha value is -2.22. The zero-order chi connectivity index (χ0) is 20.0. The maximum Gasteiger partial charge on any atom is 0.243 e. The number of rotatable bonds is 3. The number of hydrogen-bond acceptors (Lipinski definition) is 5. The van der Waals surface area contributed by atoms with Crippen LogP contribution >= 0.6 is 11.6 Å². The van der Waals surface area contributed by atoms with E-state index in [4.69, 9.17) is 11.6 Å². The lowest BCUT2D eigenvalue weighted by Gasteiger charge is -2.35. The van der Waals surface area contributed by atoms with E-state index < -0.39 is 10.0 Å². The number of anilines is 1. The van der Waals surface area contributed by atoms with Crippen LogP contribution in [0.5, 0.6) is 0 Å². The van der Waals surface area contributed by atoms with Crippen molar-refractivity contribution in [2.75, 3.05) is 31.1 Å². The first kappa shape index (κ1) is 18.8. The normalized spacial score (nSPS) is 17.6. The summed E-state index contributed by atoms with van der Waals surface area (Å²) in [5.41, 5.74) is 3.24. The third kappa shape index (κ3) is 3.37. The van der Waals surface area contributed by atoms with Gasteiger partial charge in [-0.3, -0.25) is 0 Å². The number of piperazine rings is 1. The molecule has 6 nitrogen and oxygen atoms in total. The third-order valence-corrected chi connectivity index (χ3v) is 7.87. The van der Waals surface area contributed by atoms with Gasteiger partial charge in [0.25, 0.3) is 0 Å². The van der Waals surface area contributed by atoms with Crippen LogP contribution in [0.4, 0.5) is 5.82 Å². The van der Waals surface area contributed by atoms with E-state index in [1.807, 2.05) is 36.4 Å². The average molecular weight is 429 g/mol. The molecule has 0 bridgehead atoms. The SMILES string of the molecule is O=S(=O)(c1ccc2c(c1)CCC2)N1CCN(c2nc(Cl)nc3ccccc23)CC1. The molecule has 0 unspecified atom stereocenters. The standard InChI is InChI=1S/C21H21ClN4O2S/c22-21-23-19-7-2-1-6-18(19)20(24-21)25-10-12-26(13-11-25)29(27,28)17-9-8-15-4-3-5-16(15)14-17/h1-2,6-9,14H,3-5,10-13H2. The molecule has 0 N–H and O–H groups in total. The molecule has 0 saturated carbocycles. The summed E-state index contributed by atoms with van der Waals surface area (Å²) in [5.74, 6) is 0.759. The molecule has 1 saturated heterocycles. The maximum atomic E-state index is 13.2. The van der Waals surface area contributed by atoms with Gasteiger partial charge in [0, 0.05) is 31.6 Å². The fourth-order valence-electron chi connectivity index (χ4n) is 4.27. The molecular formula is C21H21ClN4O2S. The van der Waals surface area contributed by atoms with Crippen molar-refractivity contribution in [3.8, 4) is 0 Å². The Morgan fingerprint density at radius 3 is 2.48 bits per heavy atom. The lowest BCUT2D eigenvalue weighted by molar-refractivity contribution is 0.384. The number of hydrogen-bond donors (Lipinski definition) is 0. The number of aryl methyl sites for hydroxylation is 2. The van der Waals surface area contributed by atoms with E-state index in [-0.39, 0.29) is 5.28 Å². The minimum atomic E-state index is -3.49. The van der Waals surface area contributed by atoms with Gasteiger partial charge in [-0.1, -0.05) is 18.2 Å². The summed E-state index contributed by atoms with van der Waals surface area (Å²) >= 11 is 6.12. The molecule has 5 rings (SSSR count). The van der Waals surface area contributed by atoms with Gasteiger partial charge in [0.2, 0.25) is 15.3 Å². The number of halogens is 1. The summed E-state index contributed by atoms with van der Waals surface area (Å²) in [7, 11) is -3.49. The van der Waals surface area contributed by atoms with Crippen LogP contribution in [-0.4, -0.2) is 48.9 Å². The molecule has 8 heteroatoms. The number of para-hydroxylation sites is 1. The smallest absolute Gasteiger partial charge is 0.243 e. The Morgan fingerprint density at radius 2 is 1.66 bits per heavy atom. The van der Waals surface area contributed by atoms with Crippen molar-refractivity contribution in [1.29, 1.82) is 0 Å². The maximum absolute atomic E-state index is 13.2. The molecule has 29 heavy (non-hydrogen) atoms. The summed E-state index contributed by atoms with van der Waals surface area (Å²) < 4.78 is 27.9. The molecule has 3 aromatic rings. The Balaban J connectivity index is 1.38. The molecule has 0 radical (unpaired) electrons. The van der Waals surface area contributed by atoms with Crippen LogP contribution in [0.2, 0.25) is 5.28 Å². The second-order valence-corrected chi connectivity index (χ2v) is 9.78. The number of benzene rings is 2. The van der Waals surface area contributed by atoms with Gasteiger partial charge in [-0.15, -0.1) is 0 Å². The Kier molecular flexibility index (Phi) is 4.69. The van der Waals surface area contributed by atoms with Gasteiger partial charge in [-0.05, 0) is 66.3 Å². The lowest BCUT2D eigenvalue weighted by atomic mass is 10.1. The van der Waals surface area contributed by atoms with E-state index in [1.165, 1.54) is 11.1 Å². The van der Waals surface area contributed by atoms with Crippen molar-refractivity contribution in [3.63, 3.8) is 0 Å². The van der Waals surface area contributed by atoms with Crippen molar-refractivity contribution < 1.29 is 8.42 Å². The fraction of sp³-hybridized carbons (Fsp3) is 0.333. The molecule has 1 fully saturated rings. The zero-order valence-electron chi connectivity index (χ0n) is 15.9. The first-order valence-corrected chi connectivity index (χ1v) is 11.6. The van der Waals surface area contributed by atoms with Gasteiger partial charge >= 0.3 is 0 Å². The van der Waals surface area contributed by atoms with Crippen LogP contribution < -0.4 is 4.90 Å². The van der Waals surface area contributed by atoms with E-state index in [0.717, 1.165) is 36.0 Å². The van der Waals surface area contributed by atoms with Crippen LogP contribution in [0.15, 0.2) is 47.4 Å². The molecule has 2 heterocycles. The largest absolute Gasteiger partial charge is 0.353 e. The van der Waals surface area contributed by atoms with Crippen molar-refractivity contribution in [2.24, 2.45) is 0 Å². The quantitative estimate of drug-likeness (QED) is 0.599. The topological polar surface area (TPSA) is 66.4 Å². The van der Waals surface area contributed by atoms with Crippen molar-refractivity contribution in [2.45, 2.75) is 24.2 Å². The second kappa shape index (κ2) is 7.23. The monoisotopic (exact) mass is 428 g/mol. The van der Waals surface area contributed by atoms with E-state index >= 15 is 0 Å². The molecule has 0 atom stereocenters.